The zero-order valence-electron chi connectivity index (χ0n) is 13.7. The van der Waals surface area contributed by atoms with Crippen LogP contribution in [0.1, 0.15) is 37.1 Å². The average molecular weight is 323 g/mol. The Morgan fingerprint density at radius 1 is 1.33 bits per heavy atom. The Balaban J connectivity index is 1.66. The van der Waals surface area contributed by atoms with Crippen LogP contribution in [-0.4, -0.2) is 18.0 Å². The molecule has 124 valence electrons. The summed E-state index contributed by atoms with van der Waals surface area (Å²) in [7, 11) is 0. The molecule has 1 fully saturated rings. The summed E-state index contributed by atoms with van der Waals surface area (Å²) >= 11 is 0. The number of hydrogen-bond acceptors (Lipinski definition) is 4. The minimum atomic E-state index is -0.772. The first kappa shape index (κ1) is 16.3. The molecule has 0 aliphatic heterocycles. The van der Waals surface area contributed by atoms with Gasteiger partial charge in [-0.05, 0) is 43.4 Å². The van der Waals surface area contributed by atoms with E-state index in [0.29, 0.717) is 0 Å². The predicted octanol–water partition coefficient (Wildman–Crippen LogP) is 2.77. The van der Waals surface area contributed by atoms with Crippen LogP contribution in [0.3, 0.4) is 0 Å². The zero-order chi connectivity index (χ0) is 17.0. The van der Waals surface area contributed by atoms with Crippen molar-refractivity contribution >= 4 is 5.91 Å². The second kappa shape index (κ2) is 6.90. The van der Waals surface area contributed by atoms with Crippen LogP contribution < -0.4 is 10.6 Å². The lowest BCUT2D eigenvalue weighted by atomic mass is 9.98. The SMILES string of the molecule is C[C@@](C#N)(NC(=O)CN[C@@H](c1ccccc1)c1ccco1)C1CC1. The molecule has 1 aliphatic rings. The van der Waals surface area contributed by atoms with Gasteiger partial charge in [0.2, 0.25) is 5.91 Å². The topological polar surface area (TPSA) is 78.1 Å². The van der Waals surface area contributed by atoms with Gasteiger partial charge >= 0.3 is 0 Å². The third-order valence-corrected chi connectivity index (χ3v) is 4.45. The van der Waals surface area contributed by atoms with Gasteiger partial charge in [-0.15, -0.1) is 0 Å². The number of carbonyl (C=O) groups is 1. The molecule has 1 aliphatic carbocycles. The lowest BCUT2D eigenvalue weighted by Gasteiger charge is -2.24. The second-order valence-electron chi connectivity index (χ2n) is 6.38. The number of furan rings is 1. The van der Waals surface area contributed by atoms with Crippen molar-refractivity contribution in [3.8, 4) is 6.07 Å². The maximum absolute atomic E-state index is 12.3. The molecule has 2 N–H and O–H groups in total. The van der Waals surface area contributed by atoms with Crippen molar-refractivity contribution < 1.29 is 9.21 Å². The fraction of sp³-hybridized carbons (Fsp3) is 0.368. The van der Waals surface area contributed by atoms with Crippen molar-refractivity contribution in [2.75, 3.05) is 6.54 Å². The number of nitrogens with one attached hydrogen (secondary N) is 2. The van der Waals surface area contributed by atoms with E-state index in [1.807, 2.05) is 42.5 Å². The molecule has 1 amide bonds. The molecule has 3 rings (SSSR count). The Labute approximate surface area is 141 Å². The number of carbonyl (C=O) groups excluding carboxylic acids is 1. The summed E-state index contributed by atoms with van der Waals surface area (Å²) < 4.78 is 5.51. The van der Waals surface area contributed by atoms with Crippen LogP contribution in [0.4, 0.5) is 0 Å². The molecule has 1 saturated carbocycles. The molecule has 5 heteroatoms. The largest absolute Gasteiger partial charge is 0.467 e. The molecular formula is C19H21N3O2. The molecule has 1 heterocycles. The molecule has 0 unspecified atom stereocenters. The van der Waals surface area contributed by atoms with Gasteiger partial charge in [-0.1, -0.05) is 30.3 Å². The smallest absolute Gasteiger partial charge is 0.235 e. The van der Waals surface area contributed by atoms with Crippen molar-refractivity contribution in [2.45, 2.75) is 31.3 Å². The molecule has 24 heavy (non-hydrogen) atoms. The second-order valence-corrected chi connectivity index (χ2v) is 6.38. The lowest BCUT2D eigenvalue weighted by Crippen LogP contribution is -2.49. The van der Waals surface area contributed by atoms with Gasteiger partial charge in [0.15, 0.2) is 0 Å². The first-order chi connectivity index (χ1) is 11.6. The van der Waals surface area contributed by atoms with Gasteiger partial charge in [0, 0.05) is 0 Å². The van der Waals surface area contributed by atoms with E-state index in [-0.39, 0.29) is 24.4 Å². The highest BCUT2D eigenvalue weighted by molar-refractivity contribution is 5.79. The van der Waals surface area contributed by atoms with Crippen LogP contribution in [0, 0.1) is 17.2 Å². The fourth-order valence-corrected chi connectivity index (χ4v) is 2.89. The zero-order valence-corrected chi connectivity index (χ0v) is 13.7. The van der Waals surface area contributed by atoms with Crippen molar-refractivity contribution in [1.82, 2.24) is 10.6 Å². The predicted molar refractivity (Wildman–Crippen MR) is 89.9 cm³/mol. The van der Waals surface area contributed by atoms with Gasteiger partial charge in [-0.2, -0.15) is 5.26 Å². The summed E-state index contributed by atoms with van der Waals surface area (Å²) in [6.45, 7) is 1.91. The van der Waals surface area contributed by atoms with E-state index >= 15 is 0 Å². The third-order valence-electron chi connectivity index (χ3n) is 4.45. The first-order valence-electron chi connectivity index (χ1n) is 8.16. The Bertz CT molecular complexity index is 717. The molecule has 0 saturated heterocycles. The maximum Gasteiger partial charge on any atom is 0.235 e. The highest BCUT2D eigenvalue weighted by Crippen LogP contribution is 2.39. The van der Waals surface area contributed by atoms with Crippen LogP contribution in [0.15, 0.2) is 53.1 Å². The summed E-state index contributed by atoms with van der Waals surface area (Å²) in [5.41, 5.74) is 0.247. The summed E-state index contributed by atoms with van der Waals surface area (Å²) in [5.74, 6) is 0.833. The van der Waals surface area contributed by atoms with Crippen molar-refractivity contribution in [1.29, 1.82) is 5.26 Å². The lowest BCUT2D eigenvalue weighted by molar-refractivity contribution is -0.121. The third kappa shape index (κ3) is 3.66. The number of nitrogens with zero attached hydrogens (tertiary/aromatic N) is 1. The normalized spacial score (nSPS) is 17.5. The number of benzene rings is 1. The van der Waals surface area contributed by atoms with Gasteiger partial charge in [0.1, 0.15) is 11.3 Å². The van der Waals surface area contributed by atoms with Gasteiger partial charge in [-0.3, -0.25) is 10.1 Å². The van der Waals surface area contributed by atoms with E-state index in [4.69, 9.17) is 4.42 Å². The molecule has 0 bridgehead atoms. The molecular weight excluding hydrogens is 302 g/mol. The monoisotopic (exact) mass is 323 g/mol. The van der Waals surface area contributed by atoms with Crippen molar-refractivity contribution in [3.05, 3.63) is 60.1 Å². The highest BCUT2D eigenvalue weighted by atomic mass is 16.3. The van der Waals surface area contributed by atoms with Crippen LogP contribution in [-0.2, 0) is 4.79 Å². The minimum Gasteiger partial charge on any atom is -0.467 e. The standard InChI is InChI=1S/C19H21N3O2/c1-19(13-20,15-9-10-15)22-17(23)12-21-18(16-8-5-11-24-16)14-6-3-2-4-7-14/h2-8,11,15,18,21H,9-10,12H2,1H3,(H,22,23)/t18-,19-/m0/s1. The van der Waals surface area contributed by atoms with Crippen LogP contribution in [0.25, 0.3) is 0 Å². The average Bonchev–Trinajstić information content (AvgIpc) is 3.33. The Kier molecular flexibility index (Phi) is 4.68. The van der Waals surface area contributed by atoms with E-state index in [1.165, 1.54) is 0 Å². The summed E-state index contributed by atoms with van der Waals surface area (Å²) in [5, 5.41) is 15.4. The first-order valence-corrected chi connectivity index (χ1v) is 8.16. The van der Waals surface area contributed by atoms with Crippen molar-refractivity contribution in [3.63, 3.8) is 0 Å². The number of nitriles is 1. The highest BCUT2D eigenvalue weighted by Gasteiger charge is 2.42. The Morgan fingerprint density at radius 3 is 2.67 bits per heavy atom. The molecule has 0 spiro atoms. The van der Waals surface area contributed by atoms with Gasteiger partial charge in [0.05, 0.1) is 24.9 Å². The number of amides is 1. The quantitative estimate of drug-likeness (QED) is 0.821. The molecule has 2 aromatic rings. The van der Waals surface area contributed by atoms with E-state index < -0.39 is 5.54 Å². The Morgan fingerprint density at radius 2 is 2.08 bits per heavy atom. The molecule has 5 nitrogen and oxygen atoms in total. The summed E-state index contributed by atoms with van der Waals surface area (Å²) in [6, 6.07) is 15.6. The Hall–Kier alpha value is -2.58. The van der Waals surface area contributed by atoms with Gasteiger partial charge in [0.25, 0.3) is 0 Å². The molecule has 1 aromatic heterocycles. The molecule has 2 atom stereocenters. The van der Waals surface area contributed by atoms with Crippen LogP contribution in [0.5, 0.6) is 0 Å². The van der Waals surface area contributed by atoms with E-state index in [0.717, 1.165) is 24.2 Å². The van der Waals surface area contributed by atoms with E-state index in [2.05, 4.69) is 16.7 Å². The number of hydrogen-bond donors (Lipinski definition) is 2. The van der Waals surface area contributed by atoms with E-state index in [1.54, 1.807) is 13.2 Å². The minimum absolute atomic E-state index is 0.115. The van der Waals surface area contributed by atoms with Gasteiger partial charge in [-0.25, -0.2) is 0 Å². The summed E-state index contributed by atoms with van der Waals surface area (Å²) in [6.07, 6.45) is 3.61. The molecule has 0 radical (unpaired) electrons. The van der Waals surface area contributed by atoms with Crippen LogP contribution in [0.2, 0.25) is 0 Å². The fourth-order valence-electron chi connectivity index (χ4n) is 2.89. The summed E-state index contributed by atoms with van der Waals surface area (Å²) in [4.78, 5) is 12.3. The van der Waals surface area contributed by atoms with Gasteiger partial charge < -0.3 is 9.73 Å². The van der Waals surface area contributed by atoms with Crippen LogP contribution >= 0.6 is 0 Å². The van der Waals surface area contributed by atoms with Crippen molar-refractivity contribution in [2.24, 2.45) is 5.92 Å². The molecule has 1 aromatic carbocycles. The van der Waals surface area contributed by atoms with E-state index in [9.17, 15) is 10.1 Å². The number of rotatable bonds is 7. The maximum atomic E-state index is 12.3.